The maximum Gasteiger partial charge on any atom is 1.00 e. The van der Waals surface area contributed by atoms with Gasteiger partial charge in [-0.2, -0.15) is 0 Å². The third kappa shape index (κ3) is 4.03. The number of rotatable bonds is 0. The number of fused-ring (bicyclic) bond motifs is 1. The Morgan fingerprint density at radius 1 is 0.846 bits per heavy atom. The van der Waals surface area contributed by atoms with Gasteiger partial charge in [-0.05, 0) is 22.9 Å². The molecular weight excluding hydrogens is 214 g/mol. The average Bonchev–Trinajstić information content (AvgIpc) is 2.04. The summed E-state index contributed by atoms with van der Waals surface area (Å²) in [5, 5.41) is 11.4. The van der Waals surface area contributed by atoms with Crippen LogP contribution in [0.2, 0.25) is 0 Å². The molecule has 0 heterocycles. The molecule has 0 radical (unpaired) electrons. The molecule has 0 atom stereocenters. The summed E-state index contributed by atoms with van der Waals surface area (Å²) in [7, 11) is 0. The van der Waals surface area contributed by atoms with Gasteiger partial charge in [0.1, 0.15) is 5.75 Å². The third-order valence-electron chi connectivity index (χ3n) is 1.73. The summed E-state index contributed by atoms with van der Waals surface area (Å²) in [6, 6.07) is 13.3. The summed E-state index contributed by atoms with van der Waals surface area (Å²) in [6.45, 7) is 0. The van der Waals surface area contributed by atoms with E-state index in [1.54, 1.807) is 12.1 Å². The van der Waals surface area contributed by atoms with Crippen molar-refractivity contribution in [3.05, 3.63) is 42.5 Å². The molecule has 0 aliphatic heterocycles. The predicted molar refractivity (Wildman–Crippen MR) is 47.8 cm³/mol. The summed E-state index contributed by atoms with van der Waals surface area (Å²) in [5.41, 5.74) is 0. The minimum Gasteiger partial charge on any atom is -1.00 e. The van der Waals surface area contributed by atoms with Crippen molar-refractivity contribution in [1.29, 1.82) is 0 Å². The van der Waals surface area contributed by atoms with Gasteiger partial charge in [0.2, 0.25) is 0 Å². The van der Waals surface area contributed by atoms with Gasteiger partial charge in [-0.25, -0.2) is 0 Å². The average molecular weight is 224 g/mol. The van der Waals surface area contributed by atoms with Gasteiger partial charge in [0.15, 0.2) is 0 Å². The number of hydrogen-bond donors (Lipinski definition) is 1. The van der Waals surface area contributed by atoms with E-state index in [2.05, 4.69) is 0 Å². The molecule has 1 nitrogen and oxygen atoms in total. The smallest absolute Gasteiger partial charge is 1.00 e. The van der Waals surface area contributed by atoms with Crippen LogP contribution in [0.25, 0.3) is 10.8 Å². The van der Waals surface area contributed by atoms with Crippen molar-refractivity contribution in [1.82, 2.24) is 0 Å². The number of benzene rings is 2. The fourth-order valence-electron chi connectivity index (χ4n) is 1.18. The van der Waals surface area contributed by atoms with E-state index < -0.39 is 0 Å². The van der Waals surface area contributed by atoms with Gasteiger partial charge < -0.3 is 7.96 Å². The summed E-state index contributed by atoms with van der Waals surface area (Å²) in [6.07, 6.45) is 0. The van der Waals surface area contributed by atoms with Crippen LogP contribution in [0.5, 0.6) is 5.75 Å². The molecule has 0 aliphatic carbocycles. The quantitative estimate of drug-likeness (QED) is 0.467. The molecule has 2 rings (SSSR count). The van der Waals surface area contributed by atoms with Crippen LogP contribution in [0.1, 0.15) is 2.85 Å². The van der Waals surface area contributed by atoms with Crippen LogP contribution in [-0.2, 0) is 0 Å². The largest absolute Gasteiger partial charge is 1.00 e. The normalized spacial score (nSPS) is 8.62. The SMILES string of the molecule is Oc1ccc2ccccc2c1.[H-].[H-].[K+].[K+]. The molecule has 0 aromatic heterocycles. The second-order valence-electron chi connectivity index (χ2n) is 2.53. The van der Waals surface area contributed by atoms with E-state index >= 15 is 0 Å². The van der Waals surface area contributed by atoms with E-state index in [0.717, 1.165) is 10.8 Å². The second kappa shape index (κ2) is 7.11. The second-order valence-corrected chi connectivity index (χ2v) is 2.53. The van der Waals surface area contributed by atoms with Gasteiger partial charge in [-0.15, -0.1) is 0 Å². The van der Waals surface area contributed by atoms with Crippen molar-refractivity contribution in [2.75, 3.05) is 0 Å². The standard InChI is InChI=1S/C10H8O.2K.2H/c11-10-6-5-8-3-1-2-4-9(8)7-10;;;;/h1-7,11H;;;;/q;2*+1;2*-1. The molecule has 0 amide bonds. The molecule has 0 unspecified atom stereocenters. The van der Waals surface area contributed by atoms with Gasteiger partial charge in [-0.3, -0.25) is 0 Å². The molecule has 3 heteroatoms. The first kappa shape index (κ1) is 14.8. The number of phenolic OH excluding ortho intramolecular Hbond substituents is 1. The monoisotopic (exact) mass is 224 g/mol. The molecule has 0 spiro atoms. The minimum absolute atomic E-state index is 0. The maximum absolute atomic E-state index is 9.13. The van der Waals surface area contributed by atoms with Crippen LogP contribution in [0.15, 0.2) is 42.5 Å². The van der Waals surface area contributed by atoms with Crippen LogP contribution in [0, 0.1) is 0 Å². The zero-order chi connectivity index (χ0) is 7.68. The van der Waals surface area contributed by atoms with Crippen LogP contribution >= 0.6 is 0 Å². The van der Waals surface area contributed by atoms with E-state index in [4.69, 9.17) is 5.11 Å². The molecule has 0 bridgehead atoms. The number of hydrogen-bond acceptors (Lipinski definition) is 1. The fraction of sp³-hybridized carbons (Fsp3) is 0. The topological polar surface area (TPSA) is 20.2 Å². The Morgan fingerprint density at radius 2 is 1.46 bits per heavy atom. The van der Waals surface area contributed by atoms with Crippen molar-refractivity contribution in [2.24, 2.45) is 0 Å². The van der Waals surface area contributed by atoms with Crippen LogP contribution in [0.3, 0.4) is 0 Å². The van der Waals surface area contributed by atoms with Gasteiger partial charge in [-0.1, -0.05) is 30.3 Å². The van der Waals surface area contributed by atoms with Crippen molar-refractivity contribution in [3.8, 4) is 5.75 Å². The van der Waals surface area contributed by atoms with Gasteiger partial charge in [0, 0.05) is 0 Å². The zero-order valence-corrected chi connectivity index (χ0v) is 14.2. The van der Waals surface area contributed by atoms with E-state index in [0.29, 0.717) is 5.75 Å². The van der Waals surface area contributed by atoms with Crippen LogP contribution in [-0.4, -0.2) is 5.11 Å². The summed E-state index contributed by atoms with van der Waals surface area (Å²) >= 11 is 0. The zero-order valence-electron chi connectivity index (χ0n) is 9.99. The van der Waals surface area contributed by atoms with Crippen molar-refractivity contribution < 1.29 is 111 Å². The molecule has 0 fully saturated rings. The Balaban J connectivity index is -0.000000360. The molecule has 1 N–H and O–H groups in total. The van der Waals surface area contributed by atoms with E-state index in [9.17, 15) is 0 Å². The maximum atomic E-state index is 9.13. The Labute approximate surface area is 166 Å². The van der Waals surface area contributed by atoms with Crippen molar-refractivity contribution in [3.63, 3.8) is 0 Å². The Bertz CT molecular complexity index is 396. The van der Waals surface area contributed by atoms with Crippen molar-refractivity contribution >= 4 is 10.8 Å². The van der Waals surface area contributed by atoms with E-state index in [1.807, 2.05) is 30.3 Å². The molecule has 58 valence electrons. The Morgan fingerprint density at radius 3 is 2.15 bits per heavy atom. The van der Waals surface area contributed by atoms with E-state index in [1.165, 1.54) is 0 Å². The van der Waals surface area contributed by atoms with Crippen LogP contribution in [0.4, 0.5) is 0 Å². The van der Waals surface area contributed by atoms with Gasteiger partial charge >= 0.3 is 103 Å². The first-order chi connectivity index (χ1) is 5.36. The molecule has 2 aromatic carbocycles. The molecule has 13 heavy (non-hydrogen) atoms. The Kier molecular flexibility index (Phi) is 8.08. The van der Waals surface area contributed by atoms with Crippen LogP contribution < -0.4 is 103 Å². The molecular formula is C10H10K2O. The first-order valence-electron chi connectivity index (χ1n) is 3.54. The van der Waals surface area contributed by atoms with Gasteiger partial charge in [0.05, 0.1) is 0 Å². The third-order valence-corrected chi connectivity index (χ3v) is 1.73. The van der Waals surface area contributed by atoms with Crippen molar-refractivity contribution in [2.45, 2.75) is 0 Å². The number of aromatic hydroxyl groups is 1. The molecule has 0 aliphatic rings. The first-order valence-corrected chi connectivity index (χ1v) is 3.54. The summed E-state index contributed by atoms with van der Waals surface area (Å²) in [5.74, 6) is 0.323. The summed E-state index contributed by atoms with van der Waals surface area (Å²) in [4.78, 5) is 0. The fourth-order valence-corrected chi connectivity index (χ4v) is 1.18. The van der Waals surface area contributed by atoms with Gasteiger partial charge in [0.25, 0.3) is 0 Å². The molecule has 2 aromatic rings. The molecule has 0 saturated carbocycles. The van der Waals surface area contributed by atoms with E-state index in [-0.39, 0.29) is 106 Å². The predicted octanol–water partition coefficient (Wildman–Crippen LogP) is -3.22. The number of phenols is 1. The molecule has 0 saturated heterocycles. The minimum atomic E-state index is 0. The Hall–Kier alpha value is 1.77. The summed E-state index contributed by atoms with van der Waals surface area (Å²) < 4.78 is 0.